The summed E-state index contributed by atoms with van der Waals surface area (Å²) in [4.78, 5) is 22.3. The molecule has 0 aromatic carbocycles. The Bertz CT molecular complexity index is 308. The van der Waals surface area contributed by atoms with Gasteiger partial charge in [0.05, 0.1) is 13.2 Å². The number of carbonyl (C=O) groups is 2. The molecule has 1 amide bonds. The smallest absolute Gasteiger partial charge is 0.347 e. The second-order valence-corrected chi connectivity index (χ2v) is 3.31. The monoisotopic (exact) mass is 248 g/mol. The fourth-order valence-corrected chi connectivity index (χ4v) is 1.35. The van der Waals surface area contributed by atoms with Crippen LogP contribution >= 0.6 is 11.9 Å². The Labute approximate surface area is 97.5 Å². The van der Waals surface area contributed by atoms with E-state index in [1.807, 2.05) is 0 Å². The molecule has 0 saturated heterocycles. The van der Waals surface area contributed by atoms with Crippen molar-refractivity contribution in [1.29, 1.82) is 0 Å². The van der Waals surface area contributed by atoms with E-state index in [2.05, 4.69) is 20.2 Å². The summed E-state index contributed by atoms with van der Waals surface area (Å²) < 4.78 is 4.07. The van der Waals surface area contributed by atoms with Crippen molar-refractivity contribution < 1.29 is 13.9 Å². The van der Waals surface area contributed by atoms with Crippen LogP contribution in [0.2, 0.25) is 0 Å². The van der Waals surface area contributed by atoms with Gasteiger partial charge in [-0.1, -0.05) is 0 Å². The summed E-state index contributed by atoms with van der Waals surface area (Å²) in [5, 5.41) is 8.29. The van der Waals surface area contributed by atoms with E-state index in [4.69, 9.17) is 17.6 Å². The molecule has 0 saturated carbocycles. The molecule has 16 heavy (non-hydrogen) atoms. The van der Waals surface area contributed by atoms with E-state index in [9.17, 15) is 9.59 Å². The molecule has 0 aliphatic carbocycles. The molecule has 0 aromatic heterocycles. The average Bonchev–Trinajstić information content (AvgIpc) is 2.79. The summed E-state index contributed by atoms with van der Waals surface area (Å²) >= 11 is 4.97. The van der Waals surface area contributed by atoms with Gasteiger partial charge in [-0.05, 0) is 0 Å². The number of rotatable bonds is 5. The van der Waals surface area contributed by atoms with Gasteiger partial charge < -0.3 is 26.0 Å². The van der Waals surface area contributed by atoms with Gasteiger partial charge in [0.2, 0.25) is 5.91 Å². The average molecular weight is 249 g/mol. The molecule has 0 bridgehead atoms. The third kappa shape index (κ3) is 3.59. The van der Waals surface area contributed by atoms with Crippen molar-refractivity contribution in [3.8, 4) is 0 Å². The van der Waals surface area contributed by atoms with Gasteiger partial charge in [0, 0.05) is 18.3 Å². The topological polar surface area (TPSA) is 105 Å². The van der Waals surface area contributed by atoms with E-state index in [-0.39, 0.29) is 13.0 Å². The van der Waals surface area contributed by atoms with E-state index in [1.165, 1.54) is 0 Å². The number of nitrogens with one attached hydrogen (secondary N) is 3. The van der Waals surface area contributed by atoms with Crippen LogP contribution in [0.5, 0.6) is 0 Å². The molecule has 1 aliphatic rings. The zero-order valence-corrected chi connectivity index (χ0v) is 9.21. The summed E-state index contributed by atoms with van der Waals surface area (Å²) in [7, 11) is 0. The maximum atomic E-state index is 11.3. The maximum absolute atomic E-state index is 11.3. The van der Waals surface area contributed by atoms with Crippen molar-refractivity contribution in [3.63, 3.8) is 0 Å². The number of hydrogen-bond donors (Lipinski definition) is 4. The van der Waals surface area contributed by atoms with Crippen LogP contribution in [0.3, 0.4) is 0 Å². The highest BCUT2D eigenvalue weighted by Crippen LogP contribution is 2.06. The Hall–Kier alpha value is -1.47. The highest BCUT2D eigenvalue weighted by molar-refractivity contribution is 6.14. The van der Waals surface area contributed by atoms with Crippen LogP contribution in [0.25, 0.3) is 0 Å². The predicted molar refractivity (Wildman–Crippen MR) is 56.8 cm³/mol. The van der Waals surface area contributed by atoms with E-state index >= 15 is 0 Å². The third-order valence-corrected chi connectivity index (χ3v) is 2.15. The molecule has 0 aromatic rings. The molecule has 0 radical (unpaired) electrons. The summed E-state index contributed by atoms with van der Waals surface area (Å²) in [5.41, 5.74) is 5.91. The van der Waals surface area contributed by atoms with Gasteiger partial charge in [-0.15, -0.1) is 0 Å². The second-order valence-electron chi connectivity index (χ2n) is 3.15. The Morgan fingerprint density at radius 3 is 2.94 bits per heavy atom. The van der Waals surface area contributed by atoms with Gasteiger partial charge in [-0.3, -0.25) is 4.79 Å². The van der Waals surface area contributed by atoms with Crippen molar-refractivity contribution in [2.45, 2.75) is 12.5 Å². The Balaban J connectivity index is 2.56. The lowest BCUT2D eigenvalue weighted by Gasteiger charge is -2.15. The van der Waals surface area contributed by atoms with Crippen molar-refractivity contribution >= 4 is 23.7 Å². The number of halogens is 1. The number of nitrogens with two attached hydrogens (primary N) is 1. The minimum absolute atomic E-state index is 0.198. The minimum atomic E-state index is -0.841. The maximum Gasteiger partial charge on any atom is 0.347 e. The summed E-state index contributed by atoms with van der Waals surface area (Å²) in [5.74, 6) is -1.17. The summed E-state index contributed by atoms with van der Waals surface area (Å²) in [6, 6.07) is -0.841. The second kappa shape index (κ2) is 6.19. The standard InChI is InChI=1S/C8H13ClN4O3/c9-16-8(15)6(13-7(14)2-10)1-5-3-11-4-12-5/h3,6,11-12H,1-2,4,10H2,(H,13,14)/t6-/m0/s1. The van der Waals surface area contributed by atoms with Crippen LogP contribution in [0, 0.1) is 0 Å². The van der Waals surface area contributed by atoms with Crippen LogP contribution < -0.4 is 21.7 Å². The number of amides is 1. The number of hydrogen-bond acceptors (Lipinski definition) is 6. The summed E-state index contributed by atoms with van der Waals surface area (Å²) in [6.07, 6.45) is 1.98. The van der Waals surface area contributed by atoms with Crippen molar-refractivity contribution in [1.82, 2.24) is 16.0 Å². The molecule has 1 aliphatic heterocycles. The lowest BCUT2D eigenvalue weighted by molar-refractivity contribution is -0.138. The lowest BCUT2D eigenvalue weighted by atomic mass is 10.1. The number of carbonyl (C=O) groups excluding carboxylic acids is 2. The molecule has 1 rings (SSSR count). The molecule has 0 unspecified atom stereocenters. The van der Waals surface area contributed by atoms with Gasteiger partial charge in [0.25, 0.3) is 0 Å². The lowest BCUT2D eigenvalue weighted by Crippen LogP contribution is -2.44. The van der Waals surface area contributed by atoms with E-state index in [1.54, 1.807) is 6.20 Å². The molecule has 1 heterocycles. The van der Waals surface area contributed by atoms with Crippen molar-refractivity contribution in [2.24, 2.45) is 5.73 Å². The van der Waals surface area contributed by atoms with Crippen molar-refractivity contribution in [2.75, 3.05) is 13.2 Å². The predicted octanol–water partition coefficient (Wildman–Crippen LogP) is -1.49. The summed E-state index contributed by atoms with van der Waals surface area (Å²) in [6.45, 7) is 0.388. The van der Waals surface area contributed by atoms with Gasteiger partial charge in [-0.2, -0.15) is 0 Å². The van der Waals surface area contributed by atoms with E-state index < -0.39 is 17.9 Å². The zero-order chi connectivity index (χ0) is 12.0. The Kier molecular flexibility index (Phi) is 4.87. The van der Waals surface area contributed by atoms with Gasteiger partial charge in [0.15, 0.2) is 0 Å². The van der Waals surface area contributed by atoms with Gasteiger partial charge >= 0.3 is 5.97 Å². The third-order valence-electron chi connectivity index (χ3n) is 2.00. The van der Waals surface area contributed by atoms with Gasteiger partial charge in [0.1, 0.15) is 17.9 Å². The molecule has 8 heteroatoms. The molecule has 7 nitrogen and oxygen atoms in total. The van der Waals surface area contributed by atoms with Crippen LogP contribution in [-0.2, 0) is 13.9 Å². The van der Waals surface area contributed by atoms with E-state index in [0.29, 0.717) is 6.67 Å². The Morgan fingerprint density at radius 2 is 2.44 bits per heavy atom. The molecule has 1 atom stereocenters. The molecular weight excluding hydrogens is 236 g/mol. The first kappa shape index (κ1) is 12.6. The first-order chi connectivity index (χ1) is 7.67. The van der Waals surface area contributed by atoms with Crippen LogP contribution in [0.4, 0.5) is 0 Å². The van der Waals surface area contributed by atoms with Crippen LogP contribution in [0.15, 0.2) is 11.9 Å². The highest BCUT2D eigenvalue weighted by atomic mass is 35.5. The highest BCUT2D eigenvalue weighted by Gasteiger charge is 2.24. The van der Waals surface area contributed by atoms with Crippen molar-refractivity contribution in [3.05, 3.63) is 11.9 Å². The van der Waals surface area contributed by atoms with Crippen LogP contribution in [0.1, 0.15) is 6.42 Å². The SMILES string of the molecule is NCC(=O)N[C@@H](CC1=CNCN1)C(=O)OCl. The molecule has 0 spiro atoms. The first-order valence-electron chi connectivity index (χ1n) is 4.65. The first-order valence-corrected chi connectivity index (χ1v) is 4.96. The zero-order valence-electron chi connectivity index (χ0n) is 8.46. The van der Waals surface area contributed by atoms with Crippen LogP contribution in [-0.4, -0.2) is 31.1 Å². The molecule has 5 N–H and O–H groups in total. The molecule has 90 valence electrons. The molecule has 0 fully saturated rings. The fraction of sp³-hybridized carbons (Fsp3) is 0.500. The van der Waals surface area contributed by atoms with Gasteiger partial charge in [-0.25, -0.2) is 4.79 Å². The largest absolute Gasteiger partial charge is 0.372 e. The Morgan fingerprint density at radius 1 is 1.69 bits per heavy atom. The quantitative estimate of drug-likeness (QED) is 0.472. The fourth-order valence-electron chi connectivity index (χ4n) is 1.24. The minimum Gasteiger partial charge on any atom is -0.372 e. The molecular formula is C8H13ClN4O3. The normalized spacial score (nSPS) is 15.5. The van der Waals surface area contributed by atoms with E-state index in [0.717, 1.165) is 5.70 Å².